The Balaban J connectivity index is 2.11. The van der Waals surface area contributed by atoms with E-state index in [2.05, 4.69) is 0 Å². The summed E-state index contributed by atoms with van der Waals surface area (Å²) in [5.74, 6) is 0.943. The standard InChI is InChI=1S/C21H20NO6P/c1-26-20-15-9-8-14-19(20)21(16-22(23)24)29(25,27-17-10-4-2-5-11-17)28-18-12-6-3-7-13-18/h2-15,21H,16H2,1H3. The van der Waals surface area contributed by atoms with Crippen LogP contribution in [0.3, 0.4) is 0 Å². The molecule has 3 aromatic rings. The van der Waals surface area contributed by atoms with E-state index in [4.69, 9.17) is 13.8 Å². The van der Waals surface area contributed by atoms with Crippen molar-refractivity contribution in [2.75, 3.05) is 13.7 Å². The molecule has 0 aliphatic heterocycles. The molecule has 0 saturated heterocycles. The molecule has 1 atom stereocenters. The van der Waals surface area contributed by atoms with Gasteiger partial charge in [0.1, 0.15) is 17.2 Å². The van der Waals surface area contributed by atoms with Crippen LogP contribution in [0.15, 0.2) is 84.9 Å². The summed E-state index contributed by atoms with van der Waals surface area (Å²) in [6.45, 7) is -0.655. The molecule has 0 heterocycles. The van der Waals surface area contributed by atoms with E-state index in [1.165, 1.54) is 7.11 Å². The SMILES string of the molecule is COc1ccccc1C(C[N+](=O)[O-])P(=O)(Oc1ccccc1)Oc1ccccc1. The van der Waals surface area contributed by atoms with Crippen molar-refractivity contribution in [1.29, 1.82) is 0 Å². The highest BCUT2D eigenvalue weighted by atomic mass is 31.2. The zero-order valence-electron chi connectivity index (χ0n) is 15.7. The quantitative estimate of drug-likeness (QED) is 0.266. The molecule has 0 N–H and O–H groups in total. The molecule has 0 spiro atoms. The van der Waals surface area contributed by atoms with E-state index < -0.39 is 24.7 Å². The monoisotopic (exact) mass is 413 g/mol. The van der Waals surface area contributed by atoms with E-state index in [1.807, 2.05) is 0 Å². The van der Waals surface area contributed by atoms with Crippen LogP contribution in [-0.2, 0) is 4.57 Å². The van der Waals surface area contributed by atoms with Crippen LogP contribution < -0.4 is 13.8 Å². The molecule has 3 rings (SSSR count). The average Bonchev–Trinajstić information content (AvgIpc) is 2.73. The van der Waals surface area contributed by atoms with Crippen molar-refractivity contribution in [2.24, 2.45) is 0 Å². The Morgan fingerprint density at radius 2 is 1.34 bits per heavy atom. The van der Waals surface area contributed by atoms with E-state index in [1.54, 1.807) is 84.9 Å². The van der Waals surface area contributed by atoms with Crippen molar-refractivity contribution in [3.05, 3.63) is 101 Å². The van der Waals surface area contributed by atoms with Gasteiger partial charge in [-0.2, -0.15) is 0 Å². The molecule has 0 bridgehead atoms. The minimum atomic E-state index is -4.11. The lowest BCUT2D eigenvalue weighted by Crippen LogP contribution is -2.19. The number of ether oxygens (including phenoxy) is 1. The van der Waals surface area contributed by atoms with Crippen molar-refractivity contribution in [2.45, 2.75) is 5.66 Å². The summed E-state index contributed by atoms with van der Waals surface area (Å²) < 4.78 is 31.0. The number of hydrogen-bond acceptors (Lipinski definition) is 6. The van der Waals surface area contributed by atoms with Crippen LogP contribution >= 0.6 is 7.60 Å². The first-order valence-corrected chi connectivity index (χ1v) is 10.5. The fourth-order valence-corrected chi connectivity index (χ4v) is 4.86. The number of nitrogens with zero attached hydrogens (tertiary/aromatic N) is 1. The molecule has 0 saturated carbocycles. The van der Waals surface area contributed by atoms with Crippen molar-refractivity contribution in [3.8, 4) is 17.2 Å². The summed E-state index contributed by atoms with van der Waals surface area (Å²) in [7, 11) is -2.66. The molecular weight excluding hydrogens is 393 g/mol. The number of nitro groups is 1. The van der Waals surface area contributed by atoms with Crippen LogP contribution in [0, 0.1) is 10.1 Å². The third-order valence-corrected chi connectivity index (χ3v) is 6.29. The molecule has 3 aromatic carbocycles. The molecule has 0 amide bonds. The lowest BCUT2D eigenvalue weighted by Gasteiger charge is -2.26. The van der Waals surface area contributed by atoms with Gasteiger partial charge in [0.15, 0.2) is 5.66 Å². The number of benzene rings is 3. The maximum Gasteiger partial charge on any atom is 0.445 e. The lowest BCUT2D eigenvalue weighted by atomic mass is 10.1. The summed E-state index contributed by atoms with van der Waals surface area (Å²) in [5.41, 5.74) is -0.809. The maximum atomic E-state index is 14.1. The highest BCUT2D eigenvalue weighted by Crippen LogP contribution is 2.61. The van der Waals surface area contributed by atoms with Crippen LogP contribution in [0.5, 0.6) is 17.2 Å². The van der Waals surface area contributed by atoms with Crippen molar-refractivity contribution < 1.29 is 23.3 Å². The van der Waals surface area contributed by atoms with Gasteiger partial charge in [0.2, 0.25) is 6.54 Å². The van der Waals surface area contributed by atoms with Gasteiger partial charge in [-0.15, -0.1) is 0 Å². The van der Waals surface area contributed by atoms with Crippen LogP contribution in [-0.4, -0.2) is 18.6 Å². The van der Waals surface area contributed by atoms with Gasteiger partial charge in [-0.3, -0.25) is 10.1 Å². The second-order valence-electron chi connectivity index (χ2n) is 6.12. The molecule has 0 aliphatic carbocycles. The highest BCUT2D eigenvalue weighted by molar-refractivity contribution is 7.55. The van der Waals surface area contributed by atoms with Gasteiger partial charge in [-0.25, -0.2) is 4.57 Å². The predicted octanol–water partition coefficient (Wildman–Crippen LogP) is 5.36. The van der Waals surface area contributed by atoms with Crippen LogP contribution in [0.2, 0.25) is 0 Å². The van der Waals surface area contributed by atoms with Crippen LogP contribution in [0.1, 0.15) is 11.2 Å². The summed E-state index contributed by atoms with van der Waals surface area (Å²) in [4.78, 5) is 10.9. The summed E-state index contributed by atoms with van der Waals surface area (Å²) in [6, 6.07) is 23.6. The molecule has 29 heavy (non-hydrogen) atoms. The summed E-state index contributed by atoms with van der Waals surface area (Å²) >= 11 is 0. The Morgan fingerprint density at radius 1 is 0.862 bits per heavy atom. The average molecular weight is 413 g/mol. The minimum Gasteiger partial charge on any atom is -0.496 e. The van der Waals surface area contributed by atoms with E-state index in [0.29, 0.717) is 11.3 Å². The topological polar surface area (TPSA) is 87.9 Å². The number of methoxy groups -OCH3 is 1. The molecule has 0 radical (unpaired) electrons. The van der Waals surface area contributed by atoms with Gasteiger partial charge in [-0.1, -0.05) is 54.6 Å². The van der Waals surface area contributed by atoms with Gasteiger partial charge < -0.3 is 13.8 Å². The van der Waals surface area contributed by atoms with Gasteiger partial charge in [0.25, 0.3) is 0 Å². The second kappa shape index (κ2) is 9.26. The van der Waals surface area contributed by atoms with Crippen molar-refractivity contribution >= 4 is 7.60 Å². The van der Waals surface area contributed by atoms with E-state index in [9.17, 15) is 14.7 Å². The first-order chi connectivity index (χ1) is 14.0. The largest absolute Gasteiger partial charge is 0.496 e. The van der Waals surface area contributed by atoms with Crippen molar-refractivity contribution in [1.82, 2.24) is 0 Å². The Labute approximate surface area is 168 Å². The molecule has 150 valence electrons. The minimum absolute atomic E-state index is 0.287. The Bertz CT molecular complexity index is 951. The molecular formula is C21H20NO6P. The van der Waals surface area contributed by atoms with Crippen molar-refractivity contribution in [3.63, 3.8) is 0 Å². The summed E-state index contributed by atoms with van der Waals surface area (Å²) in [5, 5.41) is 11.5. The third kappa shape index (κ3) is 5.15. The normalized spacial score (nSPS) is 12.0. The number of hydrogen-bond donors (Lipinski definition) is 0. The molecule has 0 aliphatic rings. The Hall–Kier alpha value is -3.31. The third-order valence-electron chi connectivity index (χ3n) is 4.15. The van der Waals surface area contributed by atoms with E-state index in [0.717, 1.165) is 0 Å². The molecule has 0 fully saturated rings. The Morgan fingerprint density at radius 3 is 1.83 bits per heavy atom. The lowest BCUT2D eigenvalue weighted by molar-refractivity contribution is -0.480. The second-order valence-corrected chi connectivity index (χ2v) is 8.19. The zero-order chi connectivity index (χ0) is 20.7. The Kier molecular flexibility index (Phi) is 6.52. The number of para-hydroxylation sites is 3. The predicted molar refractivity (Wildman–Crippen MR) is 109 cm³/mol. The van der Waals surface area contributed by atoms with Gasteiger partial charge in [0.05, 0.1) is 7.11 Å². The van der Waals surface area contributed by atoms with Crippen LogP contribution in [0.4, 0.5) is 0 Å². The number of rotatable bonds is 9. The summed E-state index contributed by atoms with van der Waals surface area (Å²) in [6.07, 6.45) is 0. The van der Waals surface area contributed by atoms with Gasteiger partial charge in [-0.05, 0) is 30.3 Å². The van der Waals surface area contributed by atoms with Gasteiger partial charge >= 0.3 is 7.60 Å². The first-order valence-electron chi connectivity index (χ1n) is 8.85. The smallest absolute Gasteiger partial charge is 0.445 e. The molecule has 1 unspecified atom stereocenters. The fraction of sp³-hybridized carbons (Fsp3) is 0.143. The van der Waals surface area contributed by atoms with Gasteiger partial charge in [0, 0.05) is 10.5 Å². The zero-order valence-corrected chi connectivity index (χ0v) is 16.6. The molecule has 7 nitrogen and oxygen atoms in total. The van der Waals surface area contributed by atoms with E-state index in [-0.39, 0.29) is 11.5 Å². The maximum absolute atomic E-state index is 14.1. The molecule has 8 heteroatoms. The molecule has 0 aromatic heterocycles. The highest BCUT2D eigenvalue weighted by Gasteiger charge is 2.45. The first kappa shape index (κ1) is 20.4. The van der Waals surface area contributed by atoms with E-state index >= 15 is 0 Å². The van der Waals surface area contributed by atoms with Crippen LogP contribution in [0.25, 0.3) is 0 Å². The fourth-order valence-electron chi connectivity index (χ4n) is 2.85.